The normalized spacial score (nSPS) is 10.7. The van der Waals surface area contributed by atoms with Crippen molar-refractivity contribution < 1.29 is 9.53 Å². The largest absolute Gasteiger partial charge is 0.496 e. The predicted octanol–water partition coefficient (Wildman–Crippen LogP) is 4.66. The summed E-state index contributed by atoms with van der Waals surface area (Å²) < 4.78 is 5.32. The zero-order valence-electron chi connectivity index (χ0n) is 12.8. The van der Waals surface area contributed by atoms with Gasteiger partial charge in [0.1, 0.15) is 5.75 Å². The van der Waals surface area contributed by atoms with Crippen LogP contribution in [-0.2, 0) is 0 Å². The molecular weight excluding hydrogens is 290 g/mol. The van der Waals surface area contributed by atoms with E-state index in [4.69, 9.17) is 10.3 Å². The third kappa shape index (κ3) is 4.46. The molecule has 0 amide bonds. The number of para-hydroxylation sites is 1. The number of benzene rings is 2. The van der Waals surface area contributed by atoms with Crippen LogP contribution in [0.25, 0.3) is 16.5 Å². The molecular formula is C18H17N3O2. The average molecular weight is 307 g/mol. The van der Waals surface area contributed by atoms with Crippen LogP contribution in [0.5, 0.6) is 5.75 Å². The second-order valence-electron chi connectivity index (χ2n) is 4.81. The van der Waals surface area contributed by atoms with Gasteiger partial charge in [-0.15, -0.1) is 0 Å². The minimum absolute atomic E-state index is 0.0790. The number of hydrogen-bond donors (Lipinski definition) is 0. The quantitative estimate of drug-likeness (QED) is 0.245. The molecule has 2 rings (SSSR count). The fourth-order valence-corrected chi connectivity index (χ4v) is 2.21. The van der Waals surface area contributed by atoms with Crippen molar-refractivity contribution in [2.45, 2.75) is 6.42 Å². The van der Waals surface area contributed by atoms with Crippen LogP contribution in [0.3, 0.4) is 0 Å². The van der Waals surface area contributed by atoms with Gasteiger partial charge in [0.15, 0.2) is 5.78 Å². The van der Waals surface area contributed by atoms with Gasteiger partial charge in [0.05, 0.1) is 7.11 Å². The molecule has 0 atom stereocenters. The molecule has 0 aliphatic heterocycles. The van der Waals surface area contributed by atoms with Gasteiger partial charge in [-0.25, -0.2) is 0 Å². The molecule has 0 saturated carbocycles. The molecule has 0 aliphatic rings. The van der Waals surface area contributed by atoms with E-state index in [0.29, 0.717) is 23.3 Å². The van der Waals surface area contributed by atoms with Crippen LogP contribution in [0, 0.1) is 0 Å². The van der Waals surface area contributed by atoms with Gasteiger partial charge in [-0.3, -0.25) is 4.79 Å². The molecule has 116 valence electrons. The van der Waals surface area contributed by atoms with Gasteiger partial charge in [0.2, 0.25) is 0 Å². The highest BCUT2D eigenvalue weighted by Crippen LogP contribution is 2.23. The van der Waals surface area contributed by atoms with E-state index < -0.39 is 0 Å². The Hall–Kier alpha value is -3.04. The summed E-state index contributed by atoms with van der Waals surface area (Å²) in [7, 11) is 1.59. The topological polar surface area (TPSA) is 75.1 Å². The van der Waals surface area contributed by atoms with E-state index in [0.717, 1.165) is 5.56 Å². The highest BCUT2D eigenvalue weighted by atomic mass is 16.5. The zero-order chi connectivity index (χ0) is 16.5. The third-order valence-corrected chi connectivity index (χ3v) is 3.34. The third-order valence-electron chi connectivity index (χ3n) is 3.34. The van der Waals surface area contributed by atoms with Crippen LogP contribution in [0.2, 0.25) is 0 Å². The van der Waals surface area contributed by atoms with Gasteiger partial charge in [-0.1, -0.05) is 53.6 Å². The Morgan fingerprint density at radius 2 is 1.87 bits per heavy atom. The maximum Gasteiger partial charge on any atom is 0.189 e. The van der Waals surface area contributed by atoms with Gasteiger partial charge in [-0.05, 0) is 24.1 Å². The summed E-state index contributed by atoms with van der Waals surface area (Å²) in [6.07, 6.45) is 2.16. The number of hydrogen-bond acceptors (Lipinski definition) is 3. The van der Waals surface area contributed by atoms with Crippen LogP contribution < -0.4 is 4.74 Å². The molecule has 0 saturated heterocycles. The van der Waals surface area contributed by atoms with Crippen LogP contribution >= 0.6 is 0 Å². The number of carbonyl (C=O) groups is 1. The average Bonchev–Trinajstić information content (AvgIpc) is 2.61. The van der Waals surface area contributed by atoms with Crippen molar-refractivity contribution in [3.8, 4) is 5.75 Å². The van der Waals surface area contributed by atoms with Crippen molar-refractivity contribution in [1.29, 1.82) is 0 Å². The molecule has 0 unspecified atom stereocenters. The lowest BCUT2D eigenvalue weighted by Crippen LogP contribution is -2.05. The van der Waals surface area contributed by atoms with Crippen LogP contribution in [-0.4, -0.2) is 19.4 Å². The van der Waals surface area contributed by atoms with Crippen molar-refractivity contribution in [3.05, 3.63) is 81.7 Å². The number of rotatable bonds is 7. The number of Topliss-reactive ketones (excluding diaryl/α,β-unsaturated/α-hetero) is 1. The zero-order valence-corrected chi connectivity index (χ0v) is 12.8. The first-order valence-corrected chi connectivity index (χ1v) is 7.20. The summed E-state index contributed by atoms with van der Waals surface area (Å²) >= 11 is 0. The Bertz CT molecular complexity index is 748. The number of methoxy groups -OCH3 is 1. The summed E-state index contributed by atoms with van der Waals surface area (Å²) in [5.74, 6) is 0.610. The molecule has 0 N–H and O–H groups in total. The van der Waals surface area contributed by atoms with E-state index in [-0.39, 0.29) is 12.3 Å². The lowest BCUT2D eigenvalue weighted by molar-refractivity contribution is 0.103. The van der Waals surface area contributed by atoms with E-state index >= 15 is 0 Å². The number of azide groups is 1. The Kier molecular flexibility index (Phi) is 5.98. The lowest BCUT2D eigenvalue weighted by Gasteiger charge is -2.08. The second-order valence-corrected chi connectivity index (χ2v) is 4.81. The van der Waals surface area contributed by atoms with Gasteiger partial charge >= 0.3 is 0 Å². The monoisotopic (exact) mass is 307 g/mol. The minimum Gasteiger partial charge on any atom is -0.496 e. The van der Waals surface area contributed by atoms with Crippen LogP contribution in [0.1, 0.15) is 22.3 Å². The maximum absolute atomic E-state index is 12.7. The molecule has 0 aromatic heterocycles. The first-order chi connectivity index (χ1) is 11.3. The molecule has 5 nitrogen and oxygen atoms in total. The van der Waals surface area contributed by atoms with Crippen molar-refractivity contribution in [1.82, 2.24) is 0 Å². The predicted molar refractivity (Wildman–Crippen MR) is 90.4 cm³/mol. The van der Waals surface area contributed by atoms with E-state index in [9.17, 15) is 4.79 Å². The van der Waals surface area contributed by atoms with Gasteiger partial charge in [-0.2, -0.15) is 0 Å². The first kappa shape index (κ1) is 16.3. The standard InChI is InChI=1S/C18H17N3O2/c1-23-17-10-6-5-9-15(17)13-16(11-12-20-21-19)18(22)14-7-3-2-4-8-14/h2-10,13H,11-12H2,1H3/b16-13-. The number of carbonyl (C=O) groups excluding carboxylic acids is 1. The molecule has 0 aliphatic carbocycles. The smallest absolute Gasteiger partial charge is 0.189 e. The van der Waals surface area contributed by atoms with Crippen LogP contribution in [0.15, 0.2) is 65.3 Å². The van der Waals surface area contributed by atoms with E-state index in [2.05, 4.69) is 10.0 Å². The molecule has 2 aromatic rings. The summed E-state index contributed by atoms with van der Waals surface area (Å²) in [6, 6.07) is 16.5. The van der Waals surface area contributed by atoms with Crippen molar-refractivity contribution in [2.24, 2.45) is 5.11 Å². The summed E-state index contributed by atoms with van der Waals surface area (Å²) in [6.45, 7) is 0.232. The molecule has 0 fully saturated rings. The molecule has 0 bridgehead atoms. The summed E-state index contributed by atoms with van der Waals surface area (Å²) in [5.41, 5.74) is 10.4. The van der Waals surface area contributed by atoms with Crippen LogP contribution in [0.4, 0.5) is 0 Å². The maximum atomic E-state index is 12.7. The molecule has 5 heteroatoms. The fourth-order valence-electron chi connectivity index (χ4n) is 2.21. The molecule has 2 aromatic carbocycles. The van der Waals surface area contributed by atoms with Gasteiger partial charge < -0.3 is 4.74 Å². The van der Waals surface area contributed by atoms with Gasteiger partial charge in [0, 0.05) is 28.2 Å². The lowest BCUT2D eigenvalue weighted by atomic mass is 9.98. The summed E-state index contributed by atoms with van der Waals surface area (Å²) in [5, 5.41) is 3.53. The van der Waals surface area contributed by atoms with Crippen molar-refractivity contribution in [3.63, 3.8) is 0 Å². The second kappa shape index (κ2) is 8.41. The SMILES string of the molecule is COc1ccccc1/C=C(/CCN=[N+]=[N-])C(=O)c1ccccc1. The Morgan fingerprint density at radius 1 is 1.17 bits per heavy atom. The van der Waals surface area contributed by atoms with E-state index in [1.54, 1.807) is 25.3 Å². The molecule has 0 radical (unpaired) electrons. The number of nitrogens with zero attached hydrogens (tertiary/aromatic N) is 3. The van der Waals surface area contributed by atoms with Crippen molar-refractivity contribution in [2.75, 3.05) is 13.7 Å². The Balaban J connectivity index is 2.39. The minimum atomic E-state index is -0.0790. The fraction of sp³-hybridized carbons (Fsp3) is 0.167. The molecule has 0 heterocycles. The Labute approximate surface area is 134 Å². The summed E-state index contributed by atoms with van der Waals surface area (Å²) in [4.78, 5) is 15.4. The van der Waals surface area contributed by atoms with E-state index in [1.807, 2.05) is 42.5 Å². The first-order valence-electron chi connectivity index (χ1n) is 7.20. The Morgan fingerprint density at radius 3 is 2.57 bits per heavy atom. The highest BCUT2D eigenvalue weighted by molar-refractivity contribution is 6.11. The van der Waals surface area contributed by atoms with E-state index in [1.165, 1.54) is 0 Å². The highest BCUT2D eigenvalue weighted by Gasteiger charge is 2.12. The number of ketones is 1. The molecule has 23 heavy (non-hydrogen) atoms. The molecule has 0 spiro atoms. The van der Waals surface area contributed by atoms with Gasteiger partial charge in [0.25, 0.3) is 0 Å². The van der Waals surface area contributed by atoms with Crippen molar-refractivity contribution >= 4 is 11.9 Å². The number of ether oxygens (including phenoxy) is 1.